The van der Waals surface area contributed by atoms with E-state index in [2.05, 4.69) is 10.3 Å². The highest BCUT2D eigenvalue weighted by Gasteiger charge is 2.29. The Kier molecular flexibility index (Phi) is 8.64. The molecular weight excluding hydrogens is 531 g/mol. The Hall–Kier alpha value is -3.09. The standard InChI is InChI=1S/C20H19Cl2FN4O2.C2HF3O2/c21-15-11-27-13(10-25-19(28)18(27)17(15)22)8-12-2-3-16(23)14(9-12)20(29)26-6-1-4-24-5-7-26;3-2(4,5)1(6)7/h2-3,9-11,24H,1,4-8H2,(H,25,28);(H,6,7). The quantitative estimate of drug-likeness (QED) is 0.479. The first kappa shape index (κ1) is 27.5. The van der Waals surface area contributed by atoms with E-state index in [9.17, 15) is 27.2 Å². The minimum Gasteiger partial charge on any atom is -0.542 e. The summed E-state index contributed by atoms with van der Waals surface area (Å²) in [6.07, 6.45) is -0.800. The highest BCUT2D eigenvalue weighted by Crippen LogP contribution is 2.27. The van der Waals surface area contributed by atoms with Gasteiger partial charge in [0, 0.05) is 37.5 Å². The highest BCUT2D eigenvalue weighted by molar-refractivity contribution is 6.44. The van der Waals surface area contributed by atoms with Crippen LogP contribution in [0, 0.1) is 5.82 Å². The van der Waals surface area contributed by atoms with Crippen molar-refractivity contribution in [2.45, 2.75) is 19.0 Å². The molecule has 14 heteroatoms. The van der Waals surface area contributed by atoms with E-state index in [1.807, 2.05) is 0 Å². The highest BCUT2D eigenvalue weighted by atomic mass is 35.5. The number of carboxylic acid groups (broad SMARTS) is 1. The maximum absolute atomic E-state index is 14.4. The molecule has 3 N–H and O–H groups in total. The van der Waals surface area contributed by atoms with Gasteiger partial charge in [0.1, 0.15) is 17.3 Å². The molecule has 0 saturated carbocycles. The van der Waals surface area contributed by atoms with Crippen LogP contribution in [-0.4, -0.2) is 58.5 Å². The van der Waals surface area contributed by atoms with Gasteiger partial charge in [-0.15, -0.1) is 0 Å². The van der Waals surface area contributed by atoms with E-state index in [1.54, 1.807) is 33.8 Å². The third kappa shape index (κ3) is 6.37. The molecule has 1 aliphatic heterocycles. The van der Waals surface area contributed by atoms with Crippen LogP contribution in [-0.2, 0) is 11.2 Å². The molecule has 1 fully saturated rings. The summed E-state index contributed by atoms with van der Waals surface area (Å²) in [5.74, 6) is -3.84. The number of nitrogens with two attached hydrogens (primary N) is 1. The number of carbonyl (C=O) groups is 2. The van der Waals surface area contributed by atoms with Gasteiger partial charge in [-0.2, -0.15) is 13.2 Å². The Balaban J connectivity index is 0.000000454. The Morgan fingerprint density at radius 3 is 2.53 bits per heavy atom. The maximum atomic E-state index is 14.4. The summed E-state index contributed by atoms with van der Waals surface area (Å²) >= 11 is 12.2. The van der Waals surface area contributed by atoms with Gasteiger partial charge in [0.2, 0.25) is 0 Å². The summed E-state index contributed by atoms with van der Waals surface area (Å²) in [5, 5.41) is 11.4. The smallest absolute Gasteiger partial charge is 0.430 e. The fourth-order valence-electron chi connectivity index (χ4n) is 3.67. The van der Waals surface area contributed by atoms with Gasteiger partial charge < -0.3 is 29.5 Å². The van der Waals surface area contributed by atoms with Crippen LogP contribution in [0.25, 0.3) is 5.52 Å². The SMILES string of the molecule is O=C([O-])C(F)(F)F.O=C(c1cc(Cc2c[nH]c(=O)c3c(Cl)c(Cl)cn23)ccc1F)N1CCC[NH2+]CC1. The van der Waals surface area contributed by atoms with Gasteiger partial charge in [0.15, 0.2) is 0 Å². The molecule has 0 bridgehead atoms. The normalized spacial score (nSPS) is 14.2. The lowest BCUT2D eigenvalue weighted by atomic mass is 10.0. The molecule has 0 atom stereocenters. The number of fused-ring (bicyclic) bond motifs is 1. The molecular formula is C22H20Cl2F4N4O4. The molecule has 2 aromatic heterocycles. The van der Waals surface area contributed by atoms with Crippen molar-refractivity contribution in [3.8, 4) is 0 Å². The van der Waals surface area contributed by atoms with Gasteiger partial charge in [-0.25, -0.2) is 4.39 Å². The summed E-state index contributed by atoms with van der Waals surface area (Å²) in [5.41, 5.74) is 1.42. The second-order valence-corrected chi connectivity index (χ2v) is 8.69. The summed E-state index contributed by atoms with van der Waals surface area (Å²) < 4.78 is 47.6. The molecule has 1 amide bonds. The average molecular weight is 551 g/mol. The monoisotopic (exact) mass is 550 g/mol. The van der Waals surface area contributed by atoms with Crippen LogP contribution in [0.3, 0.4) is 0 Å². The van der Waals surface area contributed by atoms with Crippen molar-refractivity contribution in [2.75, 3.05) is 26.2 Å². The number of alkyl halides is 3. The first-order valence-electron chi connectivity index (χ1n) is 10.6. The number of aromatic amines is 1. The van der Waals surface area contributed by atoms with Crippen molar-refractivity contribution in [1.82, 2.24) is 14.3 Å². The average Bonchev–Trinajstić information content (AvgIpc) is 2.98. The molecule has 8 nitrogen and oxygen atoms in total. The van der Waals surface area contributed by atoms with Gasteiger partial charge in [-0.05, 0) is 17.7 Å². The molecule has 0 spiro atoms. The molecule has 0 radical (unpaired) electrons. The van der Waals surface area contributed by atoms with E-state index in [4.69, 9.17) is 33.1 Å². The third-order valence-corrected chi connectivity index (χ3v) is 6.17. The summed E-state index contributed by atoms with van der Waals surface area (Å²) in [4.78, 5) is 38.1. The predicted molar refractivity (Wildman–Crippen MR) is 120 cm³/mol. The zero-order valence-corrected chi connectivity index (χ0v) is 20.0. The Labute approximate surface area is 211 Å². The van der Waals surface area contributed by atoms with Crippen LogP contribution in [0.4, 0.5) is 17.6 Å². The summed E-state index contributed by atoms with van der Waals surface area (Å²) in [6, 6.07) is 4.52. The lowest BCUT2D eigenvalue weighted by Gasteiger charge is -2.19. The largest absolute Gasteiger partial charge is 0.542 e. The van der Waals surface area contributed by atoms with Crippen molar-refractivity contribution in [1.29, 1.82) is 0 Å². The van der Waals surface area contributed by atoms with Crippen molar-refractivity contribution in [2.24, 2.45) is 0 Å². The predicted octanol–water partition coefficient (Wildman–Crippen LogP) is 1.37. The number of nitrogens with zero attached hydrogens (tertiary/aromatic N) is 2. The third-order valence-electron chi connectivity index (χ3n) is 5.40. The van der Waals surface area contributed by atoms with E-state index in [-0.39, 0.29) is 32.6 Å². The van der Waals surface area contributed by atoms with E-state index >= 15 is 0 Å². The molecule has 0 aliphatic carbocycles. The molecule has 1 aliphatic rings. The lowest BCUT2D eigenvalue weighted by molar-refractivity contribution is -0.651. The number of carboxylic acids is 1. The van der Waals surface area contributed by atoms with E-state index in [1.165, 1.54) is 6.07 Å². The number of amides is 1. The Bertz CT molecular complexity index is 1330. The molecule has 4 rings (SSSR count). The van der Waals surface area contributed by atoms with Gasteiger partial charge in [0.25, 0.3) is 11.5 Å². The fraction of sp³-hybridized carbons (Fsp3) is 0.318. The van der Waals surface area contributed by atoms with Crippen molar-refractivity contribution in [3.05, 3.63) is 73.6 Å². The molecule has 3 aromatic rings. The second-order valence-electron chi connectivity index (χ2n) is 7.91. The molecule has 1 aromatic carbocycles. The number of aliphatic carboxylic acids is 1. The summed E-state index contributed by atoms with van der Waals surface area (Å²) in [7, 11) is 0. The molecule has 3 heterocycles. The van der Waals surface area contributed by atoms with Crippen LogP contribution in [0.15, 0.2) is 35.4 Å². The zero-order valence-electron chi connectivity index (χ0n) is 18.5. The van der Waals surface area contributed by atoms with Crippen molar-refractivity contribution < 1.29 is 37.6 Å². The molecule has 1 saturated heterocycles. The van der Waals surface area contributed by atoms with E-state index in [0.29, 0.717) is 25.2 Å². The Morgan fingerprint density at radius 1 is 1.17 bits per heavy atom. The van der Waals surface area contributed by atoms with Crippen molar-refractivity contribution >= 4 is 40.6 Å². The van der Waals surface area contributed by atoms with E-state index in [0.717, 1.165) is 25.1 Å². The van der Waals surface area contributed by atoms with Crippen LogP contribution in [0.5, 0.6) is 0 Å². The first-order valence-corrected chi connectivity index (χ1v) is 11.4. The Morgan fingerprint density at radius 2 is 1.86 bits per heavy atom. The number of benzene rings is 1. The molecule has 36 heavy (non-hydrogen) atoms. The minimum atomic E-state index is -5.19. The number of quaternary nitrogens is 1. The number of nitrogens with one attached hydrogen (secondary N) is 1. The fourth-order valence-corrected chi connectivity index (χ4v) is 4.08. The number of H-pyrrole nitrogens is 1. The number of carbonyl (C=O) groups excluding carboxylic acids is 2. The number of rotatable bonds is 3. The molecule has 194 valence electrons. The van der Waals surface area contributed by atoms with Crippen LogP contribution < -0.4 is 16.0 Å². The van der Waals surface area contributed by atoms with Gasteiger partial charge in [-0.3, -0.25) is 9.59 Å². The van der Waals surface area contributed by atoms with E-state index < -0.39 is 18.0 Å². The number of hydrogen-bond acceptors (Lipinski definition) is 4. The number of hydrogen-bond donors (Lipinski definition) is 2. The van der Waals surface area contributed by atoms with Crippen LogP contribution in [0.2, 0.25) is 10.0 Å². The second kappa shape index (κ2) is 11.3. The van der Waals surface area contributed by atoms with Crippen LogP contribution >= 0.6 is 23.2 Å². The number of halogens is 6. The minimum absolute atomic E-state index is 0.0636. The molecule has 0 unspecified atom stereocenters. The lowest BCUT2D eigenvalue weighted by Crippen LogP contribution is -2.84. The van der Waals surface area contributed by atoms with Gasteiger partial charge in [-0.1, -0.05) is 29.3 Å². The maximum Gasteiger partial charge on any atom is 0.430 e. The van der Waals surface area contributed by atoms with Crippen LogP contribution in [0.1, 0.15) is 28.0 Å². The van der Waals surface area contributed by atoms with Crippen molar-refractivity contribution in [3.63, 3.8) is 0 Å². The van der Waals surface area contributed by atoms with Gasteiger partial charge in [0.05, 0.1) is 35.2 Å². The first-order chi connectivity index (χ1) is 16.9. The topological polar surface area (TPSA) is 114 Å². The number of aromatic nitrogens is 2. The zero-order chi connectivity index (χ0) is 26.6. The van der Waals surface area contributed by atoms with Gasteiger partial charge >= 0.3 is 6.18 Å². The summed E-state index contributed by atoms with van der Waals surface area (Å²) in [6.45, 7) is 3.01.